The van der Waals surface area contributed by atoms with Gasteiger partial charge in [-0.1, -0.05) is 0 Å². The summed E-state index contributed by atoms with van der Waals surface area (Å²) in [5, 5.41) is 18.8. The molecule has 0 aromatic carbocycles. The topological polar surface area (TPSA) is 105 Å². The van der Waals surface area contributed by atoms with Gasteiger partial charge in [-0.15, -0.1) is 0 Å². The Balaban J connectivity index is 2.12. The van der Waals surface area contributed by atoms with Gasteiger partial charge in [0, 0.05) is 18.7 Å². The largest absolute Gasteiger partial charge is 0.508 e. The van der Waals surface area contributed by atoms with Gasteiger partial charge in [0.2, 0.25) is 0 Å². The van der Waals surface area contributed by atoms with Crippen LogP contribution in [-0.4, -0.2) is 32.3 Å². The lowest BCUT2D eigenvalue weighted by atomic mass is 10.0. The van der Waals surface area contributed by atoms with Gasteiger partial charge in [0.25, 0.3) is 11.5 Å². The highest BCUT2D eigenvalue weighted by atomic mass is 19.3. The molecule has 3 N–H and O–H groups in total. The van der Waals surface area contributed by atoms with E-state index in [4.69, 9.17) is 9.84 Å². The van der Waals surface area contributed by atoms with Crippen LogP contribution in [0.3, 0.4) is 0 Å². The van der Waals surface area contributed by atoms with Gasteiger partial charge in [0.1, 0.15) is 6.61 Å². The summed E-state index contributed by atoms with van der Waals surface area (Å²) in [4.78, 5) is 24.6. The van der Waals surface area contributed by atoms with Crippen molar-refractivity contribution in [3.8, 4) is 0 Å². The average molecular weight is 288 g/mol. The molecular formula is C11H10F2N2O5. The van der Waals surface area contributed by atoms with Crippen LogP contribution in [0.5, 0.6) is 0 Å². The van der Waals surface area contributed by atoms with Crippen molar-refractivity contribution in [1.29, 1.82) is 0 Å². The van der Waals surface area contributed by atoms with Gasteiger partial charge in [0.05, 0.1) is 0 Å². The fraction of sp³-hybridized carbons (Fsp3) is 0.455. The minimum Gasteiger partial charge on any atom is -0.508 e. The van der Waals surface area contributed by atoms with Crippen LogP contribution in [0.25, 0.3) is 0 Å². The summed E-state index contributed by atoms with van der Waals surface area (Å²) in [6.45, 7) is -0.766. The van der Waals surface area contributed by atoms with Crippen molar-refractivity contribution >= 4 is 0 Å². The molecule has 0 amide bonds. The molecule has 1 aromatic heterocycles. The van der Waals surface area contributed by atoms with E-state index in [9.17, 15) is 23.5 Å². The van der Waals surface area contributed by atoms with E-state index in [0.717, 1.165) is 16.8 Å². The standard InChI is InChI=1S/C11H10F2N2O5/c12-11(13)4-10(11)7(18)5(3-16)20-8(10)15-2-1-6(17)14-9(15)19/h1-2,8,16,18H,3-4H2,(H,14,17,19)/t8-,10?/m1/s1. The number of hydrogen-bond donors (Lipinski definition) is 3. The molecule has 3 rings (SSSR count). The third kappa shape index (κ3) is 1.40. The molecular weight excluding hydrogens is 278 g/mol. The summed E-state index contributed by atoms with van der Waals surface area (Å²) in [5.74, 6) is -4.41. The smallest absolute Gasteiger partial charge is 0.331 e. The molecule has 0 radical (unpaired) electrons. The third-order valence-electron chi connectivity index (χ3n) is 3.64. The maximum absolute atomic E-state index is 13.7. The van der Waals surface area contributed by atoms with Gasteiger partial charge in [-0.3, -0.25) is 14.3 Å². The fourth-order valence-corrected chi connectivity index (χ4v) is 2.51. The second-order valence-corrected chi connectivity index (χ2v) is 4.77. The number of nitrogens with one attached hydrogen (secondary N) is 1. The Bertz CT molecular complexity index is 722. The molecule has 2 aliphatic rings. The highest BCUT2D eigenvalue weighted by Gasteiger charge is 2.82. The Morgan fingerprint density at radius 2 is 2.15 bits per heavy atom. The first-order chi connectivity index (χ1) is 9.33. The van der Waals surface area contributed by atoms with Crippen LogP contribution >= 0.6 is 0 Å². The molecule has 9 heteroatoms. The Labute approximate surface area is 109 Å². The predicted octanol–water partition coefficient (Wildman–Crippen LogP) is -0.147. The summed E-state index contributed by atoms with van der Waals surface area (Å²) in [6.07, 6.45) is -1.20. The second kappa shape index (κ2) is 3.69. The molecule has 7 nitrogen and oxygen atoms in total. The molecule has 1 spiro atoms. The lowest BCUT2D eigenvalue weighted by Crippen LogP contribution is -2.36. The maximum atomic E-state index is 13.7. The van der Waals surface area contributed by atoms with E-state index in [-0.39, 0.29) is 0 Å². The highest BCUT2D eigenvalue weighted by molar-refractivity contribution is 5.33. The molecule has 2 heterocycles. The van der Waals surface area contributed by atoms with E-state index in [1.165, 1.54) is 0 Å². The number of aromatic amines is 1. The monoisotopic (exact) mass is 288 g/mol. The van der Waals surface area contributed by atoms with Crippen LogP contribution < -0.4 is 11.2 Å². The van der Waals surface area contributed by atoms with Gasteiger partial charge >= 0.3 is 5.69 Å². The molecule has 1 aromatic rings. The minimum absolute atomic E-state index is 0.398. The normalized spacial score (nSPS) is 30.6. The van der Waals surface area contributed by atoms with E-state index in [2.05, 4.69) is 0 Å². The summed E-state index contributed by atoms with van der Waals surface area (Å²) in [5.41, 5.74) is -3.68. The van der Waals surface area contributed by atoms with Gasteiger partial charge < -0.3 is 14.9 Å². The van der Waals surface area contributed by atoms with E-state index in [1.54, 1.807) is 0 Å². The molecule has 0 bridgehead atoms. The number of hydrogen-bond acceptors (Lipinski definition) is 5. The number of alkyl halides is 2. The number of ether oxygens (including phenoxy) is 1. The highest BCUT2D eigenvalue weighted by Crippen LogP contribution is 2.72. The summed E-state index contributed by atoms with van der Waals surface area (Å²) in [6, 6.07) is 0.979. The van der Waals surface area contributed by atoms with E-state index < -0.39 is 53.4 Å². The van der Waals surface area contributed by atoms with Gasteiger partial charge in [-0.05, 0) is 0 Å². The van der Waals surface area contributed by atoms with Crippen molar-refractivity contribution in [3.05, 3.63) is 44.6 Å². The molecule has 1 aliphatic heterocycles. The van der Waals surface area contributed by atoms with Crippen LogP contribution in [0.4, 0.5) is 8.78 Å². The average Bonchev–Trinajstić information content (AvgIpc) is 2.84. The van der Waals surface area contributed by atoms with E-state index in [1.807, 2.05) is 4.98 Å². The number of aromatic nitrogens is 2. The first-order valence-corrected chi connectivity index (χ1v) is 5.73. The van der Waals surface area contributed by atoms with Crippen LogP contribution in [0.2, 0.25) is 0 Å². The Morgan fingerprint density at radius 1 is 1.50 bits per heavy atom. The lowest BCUT2D eigenvalue weighted by Gasteiger charge is -2.21. The van der Waals surface area contributed by atoms with Crippen LogP contribution in [0.15, 0.2) is 33.4 Å². The lowest BCUT2D eigenvalue weighted by molar-refractivity contribution is -0.0327. The number of H-pyrrole nitrogens is 1. The van der Waals surface area contributed by atoms with Gasteiger partial charge in [-0.2, -0.15) is 0 Å². The maximum Gasteiger partial charge on any atom is 0.331 e. The zero-order chi connectivity index (χ0) is 14.7. The summed E-state index contributed by atoms with van der Waals surface area (Å²) in [7, 11) is 0. The van der Waals surface area contributed by atoms with Gasteiger partial charge in [0.15, 0.2) is 23.2 Å². The first-order valence-electron chi connectivity index (χ1n) is 5.73. The second-order valence-electron chi connectivity index (χ2n) is 4.77. The Kier molecular flexibility index (Phi) is 2.37. The molecule has 2 atom stereocenters. The van der Waals surface area contributed by atoms with Crippen LogP contribution in [0.1, 0.15) is 12.6 Å². The summed E-state index contributed by atoms with van der Waals surface area (Å²) >= 11 is 0. The van der Waals surface area contributed by atoms with Crippen molar-refractivity contribution in [3.63, 3.8) is 0 Å². The van der Waals surface area contributed by atoms with Crippen molar-refractivity contribution < 1.29 is 23.7 Å². The fourth-order valence-electron chi connectivity index (χ4n) is 2.51. The molecule has 1 aliphatic carbocycles. The zero-order valence-electron chi connectivity index (χ0n) is 9.97. The number of aliphatic hydroxyl groups excluding tert-OH is 2. The van der Waals surface area contributed by atoms with Crippen LogP contribution in [0, 0.1) is 5.41 Å². The Hall–Kier alpha value is -2.16. The predicted molar refractivity (Wildman–Crippen MR) is 60.2 cm³/mol. The number of halogens is 2. The molecule has 1 saturated carbocycles. The molecule has 1 fully saturated rings. The van der Waals surface area contributed by atoms with E-state index >= 15 is 0 Å². The van der Waals surface area contributed by atoms with Crippen molar-refractivity contribution in [2.24, 2.45) is 5.41 Å². The zero-order valence-corrected chi connectivity index (χ0v) is 9.97. The van der Waals surface area contributed by atoms with Crippen molar-refractivity contribution in [2.45, 2.75) is 18.6 Å². The first kappa shape index (κ1) is 12.9. The SMILES string of the molecule is O=c1ccn([C@@H]2OC(CO)=C(O)C23CC3(F)F)c(=O)[nH]1. The van der Waals surface area contributed by atoms with E-state index in [0.29, 0.717) is 0 Å². The van der Waals surface area contributed by atoms with Crippen LogP contribution in [-0.2, 0) is 4.74 Å². The quantitative estimate of drug-likeness (QED) is 0.702. The van der Waals surface area contributed by atoms with Crippen molar-refractivity contribution in [2.75, 3.05) is 6.61 Å². The van der Waals surface area contributed by atoms with Gasteiger partial charge in [-0.25, -0.2) is 13.6 Å². The number of rotatable bonds is 2. The minimum atomic E-state index is -3.26. The van der Waals surface area contributed by atoms with Crippen molar-refractivity contribution in [1.82, 2.24) is 9.55 Å². The number of aliphatic hydroxyl groups is 2. The molecule has 108 valence electrons. The third-order valence-corrected chi connectivity index (χ3v) is 3.64. The Morgan fingerprint density at radius 3 is 2.65 bits per heavy atom. The number of nitrogens with zero attached hydrogens (tertiary/aromatic N) is 1. The molecule has 0 saturated heterocycles. The molecule has 1 unspecified atom stereocenters. The summed E-state index contributed by atoms with van der Waals surface area (Å²) < 4.78 is 33.2. The molecule has 20 heavy (non-hydrogen) atoms.